The number of ketones is 1. The fourth-order valence-electron chi connectivity index (χ4n) is 3.99. The van der Waals surface area contributed by atoms with Gasteiger partial charge in [0, 0.05) is 11.3 Å². The van der Waals surface area contributed by atoms with Crippen molar-refractivity contribution in [3.63, 3.8) is 0 Å². The quantitative estimate of drug-likeness (QED) is 0.199. The number of rotatable bonds is 8. The molecule has 0 aromatic heterocycles. The monoisotopic (exact) mass is 409 g/mol. The third-order valence-corrected chi connectivity index (χ3v) is 6.32. The van der Waals surface area contributed by atoms with E-state index in [1.165, 1.54) is 13.8 Å². The van der Waals surface area contributed by atoms with Crippen molar-refractivity contribution in [1.29, 1.82) is 0 Å². The Morgan fingerprint density at radius 2 is 1.83 bits per heavy atom. The lowest BCUT2D eigenvalue weighted by atomic mass is 9.78. The van der Waals surface area contributed by atoms with E-state index >= 15 is 0 Å². The van der Waals surface area contributed by atoms with Crippen LogP contribution in [0, 0.1) is 27.4 Å². The summed E-state index contributed by atoms with van der Waals surface area (Å²) in [7, 11) is 0. The normalized spacial score (nSPS) is 27.3. The van der Waals surface area contributed by atoms with Gasteiger partial charge in [-0.1, -0.05) is 12.5 Å². The molecule has 2 fully saturated rings. The highest BCUT2D eigenvalue weighted by Crippen LogP contribution is 2.33. The molecule has 8 heteroatoms. The molecule has 0 bridgehead atoms. The summed E-state index contributed by atoms with van der Waals surface area (Å²) < 4.78 is 10.8. The lowest BCUT2D eigenvalue weighted by Gasteiger charge is -2.31. The number of Topliss-reactive ketones (excluding diaryl/α,β-unsaturated/α-hetero) is 1. The third kappa shape index (κ3) is 5.64. The van der Waals surface area contributed by atoms with Crippen molar-refractivity contribution in [2.45, 2.75) is 77.4 Å². The average molecular weight is 409 g/mol. The van der Waals surface area contributed by atoms with Gasteiger partial charge < -0.3 is 9.47 Å². The van der Waals surface area contributed by atoms with Gasteiger partial charge in [0.2, 0.25) is 6.04 Å². The van der Waals surface area contributed by atoms with Gasteiger partial charge in [-0.2, -0.15) is 0 Å². The van der Waals surface area contributed by atoms with E-state index < -0.39 is 46.6 Å². The second-order valence-electron chi connectivity index (χ2n) is 8.43. The molecule has 2 aliphatic carbocycles. The minimum atomic E-state index is -1.62. The van der Waals surface area contributed by atoms with Crippen LogP contribution in [0.25, 0.3) is 0 Å². The lowest BCUT2D eigenvalue weighted by Crippen LogP contribution is -2.45. The molecule has 0 radical (unpaired) electrons. The molecule has 0 spiro atoms. The first-order valence-electron chi connectivity index (χ1n) is 10.3. The zero-order valence-electron chi connectivity index (χ0n) is 17.3. The van der Waals surface area contributed by atoms with E-state index in [-0.39, 0.29) is 18.4 Å². The van der Waals surface area contributed by atoms with Crippen LogP contribution in [-0.4, -0.2) is 41.4 Å². The first kappa shape index (κ1) is 23.0. The van der Waals surface area contributed by atoms with Crippen molar-refractivity contribution in [2.75, 3.05) is 6.61 Å². The Hall–Kier alpha value is -2.25. The van der Waals surface area contributed by atoms with Gasteiger partial charge >= 0.3 is 11.9 Å². The van der Waals surface area contributed by atoms with Gasteiger partial charge in [-0.05, 0) is 58.3 Å². The molecular formula is C21H31NO7. The molecular weight excluding hydrogens is 378 g/mol. The van der Waals surface area contributed by atoms with Gasteiger partial charge in [-0.15, -0.1) is 6.58 Å². The van der Waals surface area contributed by atoms with Gasteiger partial charge in [-0.3, -0.25) is 24.5 Å². The second-order valence-corrected chi connectivity index (χ2v) is 8.43. The minimum Gasteiger partial charge on any atom is -0.464 e. The van der Waals surface area contributed by atoms with E-state index in [4.69, 9.17) is 9.47 Å². The zero-order chi connectivity index (χ0) is 21.6. The predicted molar refractivity (Wildman–Crippen MR) is 105 cm³/mol. The van der Waals surface area contributed by atoms with Crippen molar-refractivity contribution >= 4 is 17.7 Å². The predicted octanol–water partition coefficient (Wildman–Crippen LogP) is 3.25. The SMILES string of the molecule is C=CC1CCC(C(=O)OCC(C)(C(C)=O)C(=O)OC2CCCCC2)C([N+](=O)[O-])C1. The smallest absolute Gasteiger partial charge is 0.323 e. The number of hydrogen-bond acceptors (Lipinski definition) is 7. The third-order valence-electron chi connectivity index (χ3n) is 6.32. The molecule has 0 aliphatic heterocycles. The Morgan fingerprint density at radius 1 is 1.17 bits per heavy atom. The highest BCUT2D eigenvalue weighted by molar-refractivity contribution is 6.02. The van der Waals surface area contributed by atoms with Crippen molar-refractivity contribution in [3.05, 3.63) is 22.8 Å². The molecule has 0 heterocycles. The summed E-state index contributed by atoms with van der Waals surface area (Å²) in [6.07, 6.45) is 7.16. The molecule has 29 heavy (non-hydrogen) atoms. The van der Waals surface area contributed by atoms with Crippen LogP contribution >= 0.6 is 0 Å². The molecule has 4 atom stereocenters. The highest BCUT2D eigenvalue weighted by atomic mass is 16.6. The number of hydrogen-bond donors (Lipinski definition) is 0. The maximum absolute atomic E-state index is 12.7. The molecule has 8 nitrogen and oxygen atoms in total. The molecule has 2 rings (SSSR count). The molecule has 0 aromatic rings. The van der Waals surface area contributed by atoms with Crippen LogP contribution in [-0.2, 0) is 23.9 Å². The molecule has 162 valence electrons. The first-order valence-corrected chi connectivity index (χ1v) is 10.3. The molecule has 0 saturated heterocycles. The second kappa shape index (κ2) is 9.98. The fraction of sp³-hybridized carbons (Fsp3) is 0.762. The molecule has 2 saturated carbocycles. The van der Waals surface area contributed by atoms with Crippen LogP contribution in [0.5, 0.6) is 0 Å². The van der Waals surface area contributed by atoms with Crippen molar-refractivity contribution in [3.8, 4) is 0 Å². The average Bonchev–Trinajstić information content (AvgIpc) is 2.71. The summed E-state index contributed by atoms with van der Waals surface area (Å²) in [5.74, 6) is -2.82. The summed E-state index contributed by atoms with van der Waals surface area (Å²) in [6, 6.07) is -1.06. The summed E-state index contributed by atoms with van der Waals surface area (Å²) in [4.78, 5) is 48.4. The van der Waals surface area contributed by atoms with Crippen LogP contribution < -0.4 is 0 Å². The summed E-state index contributed by atoms with van der Waals surface area (Å²) in [6.45, 7) is 5.85. The van der Waals surface area contributed by atoms with Crippen molar-refractivity contribution < 1.29 is 28.8 Å². The number of carbonyl (C=O) groups is 3. The molecule has 0 N–H and O–H groups in total. The van der Waals surface area contributed by atoms with E-state index in [0.717, 1.165) is 32.1 Å². The largest absolute Gasteiger partial charge is 0.464 e. The van der Waals surface area contributed by atoms with Gasteiger partial charge in [0.1, 0.15) is 24.4 Å². The Kier molecular flexibility index (Phi) is 7.93. The minimum absolute atomic E-state index is 0.0117. The number of ether oxygens (including phenoxy) is 2. The van der Waals surface area contributed by atoms with Gasteiger partial charge in [-0.25, -0.2) is 0 Å². The molecule has 0 amide bonds. The van der Waals surface area contributed by atoms with Crippen molar-refractivity contribution in [1.82, 2.24) is 0 Å². The van der Waals surface area contributed by atoms with E-state index in [2.05, 4.69) is 6.58 Å². The standard InChI is InChI=1S/C21H31NO7/c1-4-15-10-11-17(18(12-15)22(26)27)19(24)28-13-21(3,14(2)23)20(25)29-16-8-6-5-7-9-16/h4,15-18H,1,5-13H2,2-3H3. The zero-order valence-corrected chi connectivity index (χ0v) is 17.3. The number of esters is 2. The molecule has 0 aromatic carbocycles. The van der Waals surface area contributed by atoms with Gasteiger partial charge in [0.15, 0.2) is 5.41 Å². The topological polar surface area (TPSA) is 113 Å². The Morgan fingerprint density at radius 3 is 2.38 bits per heavy atom. The number of allylic oxidation sites excluding steroid dienone is 1. The van der Waals surface area contributed by atoms with Gasteiger partial charge in [0.05, 0.1) is 0 Å². The number of nitrogens with zero attached hydrogens (tertiary/aromatic N) is 1. The number of carbonyl (C=O) groups excluding carboxylic acids is 3. The molecule has 2 aliphatic rings. The fourth-order valence-corrected chi connectivity index (χ4v) is 3.99. The number of nitro groups is 1. The maximum Gasteiger partial charge on any atom is 0.323 e. The molecule has 4 unspecified atom stereocenters. The Balaban J connectivity index is 2.01. The van der Waals surface area contributed by atoms with E-state index in [9.17, 15) is 24.5 Å². The van der Waals surface area contributed by atoms with E-state index in [0.29, 0.717) is 12.8 Å². The van der Waals surface area contributed by atoms with Crippen LogP contribution in [0.1, 0.15) is 65.2 Å². The Bertz CT molecular complexity index is 655. The highest BCUT2D eigenvalue weighted by Gasteiger charge is 2.46. The lowest BCUT2D eigenvalue weighted by molar-refractivity contribution is -0.534. The maximum atomic E-state index is 12.7. The van der Waals surface area contributed by atoms with Crippen LogP contribution in [0.4, 0.5) is 0 Å². The summed E-state index contributed by atoms with van der Waals surface area (Å²) in [5, 5.41) is 11.4. The van der Waals surface area contributed by atoms with Gasteiger partial charge in [0.25, 0.3) is 0 Å². The van der Waals surface area contributed by atoms with E-state index in [1.54, 1.807) is 6.08 Å². The Labute approximate surface area is 171 Å². The summed E-state index contributed by atoms with van der Waals surface area (Å²) >= 11 is 0. The first-order chi connectivity index (χ1) is 13.7. The van der Waals surface area contributed by atoms with Crippen LogP contribution in [0.2, 0.25) is 0 Å². The van der Waals surface area contributed by atoms with Crippen molar-refractivity contribution in [2.24, 2.45) is 17.3 Å². The van der Waals surface area contributed by atoms with Crippen LogP contribution in [0.15, 0.2) is 12.7 Å². The summed E-state index contributed by atoms with van der Waals surface area (Å²) in [5.41, 5.74) is -1.62. The van der Waals surface area contributed by atoms with E-state index in [1.807, 2.05) is 0 Å². The van der Waals surface area contributed by atoms with Crippen LogP contribution in [0.3, 0.4) is 0 Å².